The first kappa shape index (κ1) is 21.4. The summed E-state index contributed by atoms with van der Waals surface area (Å²) in [6, 6.07) is 8.47. The molecule has 0 fully saturated rings. The zero-order valence-electron chi connectivity index (χ0n) is 15.6. The van der Waals surface area contributed by atoms with Crippen molar-refractivity contribution in [2.24, 2.45) is 0 Å². The summed E-state index contributed by atoms with van der Waals surface area (Å²) in [5, 5.41) is 0. The maximum absolute atomic E-state index is 14.0. The van der Waals surface area contributed by atoms with Gasteiger partial charge in [0.2, 0.25) is 5.83 Å². The summed E-state index contributed by atoms with van der Waals surface area (Å²) in [6.45, 7) is 16.6. The zero-order valence-corrected chi connectivity index (χ0v) is 15.6. The molecule has 1 aromatic carbocycles. The number of benzene rings is 1. The highest BCUT2D eigenvalue weighted by atomic mass is 19.2. The van der Waals surface area contributed by atoms with Crippen LogP contribution in [0, 0.1) is 0 Å². The fraction of sp³-hybridized carbons (Fsp3) is 0.217. The Kier molecular flexibility index (Phi) is 8.50. The molecule has 0 spiro atoms. The number of hydrogen-bond acceptors (Lipinski definition) is 1. The molecule has 0 aliphatic carbocycles. The molecule has 0 heterocycles. The van der Waals surface area contributed by atoms with Gasteiger partial charge in [0.15, 0.2) is 5.83 Å². The van der Waals surface area contributed by atoms with Gasteiger partial charge in [-0.2, -0.15) is 4.39 Å². The molecule has 0 unspecified atom stereocenters. The maximum Gasteiger partial charge on any atom is 0.200 e. The van der Waals surface area contributed by atoms with E-state index in [-0.39, 0.29) is 16.9 Å². The van der Waals surface area contributed by atoms with Crippen LogP contribution in [-0.4, -0.2) is 7.11 Å². The molecule has 138 valence electrons. The summed E-state index contributed by atoms with van der Waals surface area (Å²) in [5.74, 6) is -2.70. The SMILES string of the molecule is C=C(/C=C\C(=C)C(=C)/C(F)=C(/F)C(=C)OC)CCc1ccc(CC)cc1. The molecule has 0 atom stereocenters. The first-order valence-corrected chi connectivity index (χ1v) is 8.40. The predicted octanol–water partition coefficient (Wildman–Crippen LogP) is 6.72. The lowest BCUT2D eigenvalue weighted by molar-refractivity contribution is 0.281. The smallest absolute Gasteiger partial charge is 0.200 e. The van der Waals surface area contributed by atoms with E-state index in [0.29, 0.717) is 0 Å². The molecule has 26 heavy (non-hydrogen) atoms. The number of halogens is 2. The molecule has 0 amide bonds. The predicted molar refractivity (Wildman–Crippen MR) is 106 cm³/mol. The van der Waals surface area contributed by atoms with Gasteiger partial charge in [0.05, 0.1) is 7.11 Å². The van der Waals surface area contributed by atoms with Crippen LogP contribution in [0.1, 0.15) is 24.5 Å². The number of allylic oxidation sites excluding steroid dienone is 7. The van der Waals surface area contributed by atoms with Crippen LogP contribution in [0.25, 0.3) is 0 Å². The molecule has 0 bridgehead atoms. The largest absolute Gasteiger partial charge is 0.494 e. The molecule has 3 heteroatoms. The molecule has 0 saturated carbocycles. The second-order valence-corrected chi connectivity index (χ2v) is 5.92. The highest BCUT2D eigenvalue weighted by Gasteiger charge is 2.14. The van der Waals surface area contributed by atoms with Gasteiger partial charge in [-0.1, -0.05) is 75.2 Å². The molecule has 0 aromatic heterocycles. The van der Waals surface area contributed by atoms with E-state index in [1.54, 1.807) is 12.2 Å². The van der Waals surface area contributed by atoms with Gasteiger partial charge >= 0.3 is 0 Å². The molecule has 0 radical (unpaired) electrons. The summed E-state index contributed by atoms with van der Waals surface area (Å²) in [4.78, 5) is 0. The molecule has 1 aromatic rings. The lowest BCUT2D eigenvalue weighted by Crippen LogP contribution is -1.93. The van der Waals surface area contributed by atoms with Crippen molar-refractivity contribution in [3.8, 4) is 0 Å². The number of aryl methyl sites for hydroxylation is 2. The number of rotatable bonds is 10. The van der Waals surface area contributed by atoms with Crippen LogP contribution >= 0.6 is 0 Å². The Hall–Kier alpha value is -2.68. The van der Waals surface area contributed by atoms with Crippen LogP contribution < -0.4 is 0 Å². The standard InChI is InChI=1S/C23H26F2O/c1-7-20-12-14-21(15-13-20)11-9-16(2)8-10-17(3)18(4)22(24)23(25)19(5)26-6/h8,10,12-15H,2-5,7,9,11H2,1,6H3/b10-8-,23-22-. The molecule has 0 aliphatic heterocycles. The summed E-state index contributed by atoms with van der Waals surface area (Å²) >= 11 is 0. The van der Waals surface area contributed by atoms with Crippen molar-refractivity contribution in [2.45, 2.75) is 26.2 Å². The Morgan fingerprint density at radius 2 is 1.54 bits per heavy atom. The quantitative estimate of drug-likeness (QED) is 0.334. The van der Waals surface area contributed by atoms with E-state index in [1.165, 1.54) is 18.2 Å². The van der Waals surface area contributed by atoms with Crippen LogP contribution in [0.4, 0.5) is 8.78 Å². The number of methoxy groups -OCH3 is 1. The molecule has 1 rings (SSSR count). The average Bonchev–Trinajstić information content (AvgIpc) is 2.68. The molecule has 0 saturated heterocycles. The highest BCUT2D eigenvalue weighted by Crippen LogP contribution is 2.26. The van der Waals surface area contributed by atoms with Crippen LogP contribution in [0.2, 0.25) is 0 Å². The van der Waals surface area contributed by atoms with Gasteiger partial charge in [-0.3, -0.25) is 0 Å². The monoisotopic (exact) mass is 356 g/mol. The number of ether oxygens (including phenoxy) is 1. The third-order valence-corrected chi connectivity index (χ3v) is 4.02. The molecule has 0 N–H and O–H groups in total. The van der Waals surface area contributed by atoms with Crippen molar-refractivity contribution in [1.82, 2.24) is 0 Å². The van der Waals surface area contributed by atoms with E-state index in [2.05, 4.69) is 62.2 Å². The second-order valence-electron chi connectivity index (χ2n) is 5.92. The van der Waals surface area contributed by atoms with Crippen molar-refractivity contribution in [3.63, 3.8) is 0 Å². The Morgan fingerprint density at radius 3 is 2.08 bits per heavy atom. The van der Waals surface area contributed by atoms with Crippen LogP contribution in [-0.2, 0) is 17.6 Å². The third kappa shape index (κ3) is 6.32. The molecular formula is C23H26F2O. The van der Waals surface area contributed by atoms with Crippen LogP contribution in [0.5, 0.6) is 0 Å². The van der Waals surface area contributed by atoms with Crippen molar-refractivity contribution in [2.75, 3.05) is 7.11 Å². The number of hydrogen-bond donors (Lipinski definition) is 0. The molecule has 0 aliphatic rings. The fourth-order valence-electron chi connectivity index (χ4n) is 2.13. The van der Waals surface area contributed by atoms with E-state index in [1.807, 2.05) is 0 Å². The lowest BCUT2D eigenvalue weighted by Gasteiger charge is -2.07. The molecular weight excluding hydrogens is 330 g/mol. The van der Waals surface area contributed by atoms with Gasteiger partial charge in [0, 0.05) is 5.57 Å². The van der Waals surface area contributed by atoms with E-state index < -0.39 is 11.7 Å². The van der Waals surface area contributed by atoms with Crippen molar-refractivity contribution in [3.05, 3.63) is 108 Å². The van der Waals surface area contributed by atoms with Gasteiger partial charge in [0.25, 0.3) is 0 Å². The summed E-state index contributed by atoms with van der Waals surface area (Å²) in [5.41, 5.74) is 3.51. The minimum atomic E-state index is -1.18. The van der Waals surface area contributed by atoms with Crippen molar-refractivity contribution in [1.29, 1.82) is 0 Å². The Balaban J connectivity index is 2.62. The van der Waals surface area contributed by atoms with Gasteiger partial charge in [-0.05, 0) is 36.0 Å². The first-order valence-electron chi connectivity index (χ1n) is 8.40. The zero-order chi connectivity index (χ0) is 19.7. The average molecular weight is 356 g/mol. The highest BCUT2D eigenvalue weighted by molar-refractivity contribution is 5.49. The summed E-state index contributed by atoms with van der Waals surface area (Å²) < 4.78 is 32.3. The topological polar surface area (TPSA) is 9.23 Å². The Morgan fingerprint density at radius 1 is 0.962 bits per heavy atom. The first-order chi connectivity index (χ1) is 12.3. The Bertz CT molecular complexity index is 749. The van der Waals surface area contributed by atoms with E-state index >= 15 is 0 Å². The normalized spacial score (nSPS) is 11.8. The molecule has 1 nitrogen and oxygen atoms in total. The van der Waals surface area contributed by atoms with Gasteiger partial charge < -0.3 is 4.74 Å². The summed E-state index contributed by atoms with van der Waals surface area (Å²) in [6.07, 6.45) is 5.95. The maximum atomic E-state index is 14.0. The Labute approximate surface area is 155 Å². The third-order valence-electron chi connectivity index (χ3n) is 4.02. The van der Waals surface area contributed by atoms with E-state index in [4.69, 9.17) is 0 Å². The van der Waals surface area contributed by atoms with Gasteiger partial charge in [0.1, 0.15) is 5.76 Å². The van der Waals surface area contributed by atoms with Gasteiger partial charge in [-0.15, -0.1) is 0 Å². The summed E-state index contributed by atoms with van der Waals surface area (Å²) in [7, 11) is 1.21. The van der Waals surface area contributed by atoms with Crippen molar-refractivity contribution < 1.29 is 13.5 Å². The lowest BCUT2D eigenvalue weighted by atomic mass is 10.0. The van der Waals surface area contributed by atoms with E-state index in [0.717, 1.165) is 24.8 Å². The van der Waals surface area contributed by atoms with Crippen LogP contribution in [0.15, 0.2) is 96.9 Å². The minimum Gasteiger partial charge on any atom is -0.494 e. The van der Waals surface area contributed by atoms with Gasteiger partial charge in [-0.25, -0.2) is 4.39 Å². The fourth-order valence-corrected chi connectivity index (χ4v) is 2.13. The minimum absolute atomic E-state index is 0.153. The van der Waals surface area contributed by atoms with E-state index in [9.17, 15) is 8.78 Å². The second kappa shape index (κ2) is 10.3. The van der Waals surface area contributed by atoms with Crippen molar-refractivity contribution >= 4 is 0 Å². The van der Waals surface area contributed by atoms with Crippen LogP contribution in [0.3, 0.4) is 0 Å².